The van der Waals surface area contributed by atoms with E-state index in [0.717, 1.165) is 37.1 Å². The second-order valence-electron chi connectivity index (χ2n) is 6.87. The van der Waals surface area contributed by atoms with E-state index in [1.54, 1.807) is 12.1 Å². The zero-order valence-corrected chi connectivity index (χ0v) is 13.7. The van der Waals surface area contributed by atoms with Gasteiger partial charge in [0, 0.05) is 47.9 Å². The number of nitrogens with zero attached hydrogens (tertiary/aromatic N) is 2. The Morgan fingerprint density at radius 3 is 2.64 bits per heavy atom. The molecule has 1 fully saturated rings. The third-order valence-electron chi connectivity index (χ3n) is 5.35. The minimum atomic E-state index is -0.448. The smallest absolute Gasteiger partial charge is 0.269 e. The molecule has 0 radical (unpaired) electrons. The van der Waals surface area contributed by atoms with Crippen LogP contribution >= 0.6 is 0 Å². The summed E-state index contributed by atoms with van der Waals surface area (Å²) in [5.74, 6) is -0.759. The monoisotopic (exact) mass is 338 g/mol. The van der Waals surface area contributed by atoms with Crippen LogP contribution in [0.3, 0.4) is 0 Å². The molecule has 1 aliphatic heterocycles. The Morgan fingerprint density at radius 1 is 1.04 bits per heavy atom. The van der Waals surface area contributed by atoms with Crippen molar-refractivity contribution in [2.75, 3.05) is 0 Å². The molecule has 0 amide bonds. The minimum absolute atomic E-state index is 0.0183. The summed E-state index contributed by atoms with van der Waals surface area (Å²) in [5, 5.41) is 11.2. The molecule has 3 aliphatic rings. The maximum Gasteiger partial charge on any atom is 0.269 e. The molecule has 2 atom stereocenters. The molecular formula is C19H18N2O4. The second kappa shape index (κ2) is 6.02. The molecule has 4 rings (SSSR count). The molecule has 25 heavy (non-hydrogen) atoms. The third-order valence-corrected chi connectivity index (χ3v) is 5.35. The Kier molecular flexibility index (Phi) is 3.82. The van der Waals surface area contributed by atoms with E-state index in [1.165, 1.54) is 12.1 Å². The summed E-state index contributed by atoms with van der Waals surface area (Å²) < 4.78 is 0. The summed E-state index contributed by atoms with van der Waals surface area (Å²) in [6.07, 6.45) is 3.98. The highest BCUT2D eigenvalue weighted by Crippen LogP contribution is 2.46. The number of nitro groups is 1. The fraction of sp³-hybridized carbons (Fsp3) is 0.421. The lowest BCUT2D eigenvalue weighted by Crippen LogP contribution is -2.39. The van der Waals surface area contributed by atoms with Crippen molar-refractivity contribution in [1.82, 2.24) is 0 Å². The van der Waals surface area contributed by atoms with Crippen molar-refractivity contribution in [1.29, 1.82) is 0 Å². The number of rotatable bonds is 2. The van der Waals surface area contributed by atoms with Crippen molar-refractivity contribution >= 4 is 23.0 Å². The standard InChI is InChI=1S/C19H18N2O4/c22-15-8-2-6-13-18(15)17(11-4-1-5-12(10-11)21(24)25)19-14(20-13)7-3-9-16(19)23/h1,4-5,10,17-18H,2-3,6-9H2/t17-,18?/m1/s1. The molecule has 0 bridgehead atoms. The number of hydrogen-bond donors (Lipinski definition) is 0. The van der Waals surface area contributed by atoms with Gasteiger partial charge < -0.3 is 0 Å². The van der Waals surface area contributed by atoms with Gasteiger partial charge in [-0.3, -0.25) is 24.7 Å². The molecule has 1 aromatic rings. The molecule has 1 saturated carbocycles. The first-order valence-electron chi connectivity index (χ1n) is 8.67. The van der Waals surface area contributed by atoms with E-state index >= 15 is 0 Å². The van der Waals surface area contributed by atoms with Gasteiger partial charge in [0.1, 0.15) is 5.78 Å². The Balaban J connectivity index is 1.90. The summed E-state index contributed by atoms with van der Waals surface area (Å²) in [6, 6.07) is 6.35. The van der Waals surface area contributed by atoms with Crippen LogP contribution in [-0.2, 0) is 9.59 Å². The average Bonchev–Trinajstić information content (AvgIpc) is 2.60. The molecule has 0 spiro atoms. The molecule has 2 aliphatic carbocycles. The topological polar surface area (TPSA) is 89.6 Å². The number of fused-ring (bicyclic) bond motifs is 1. The number of hydrogen-bond acceptors (Lipinski definition) is 5. The summed E-state index contributed by atoms with van der Waals surface area (Å²) in [5.41, 5.74) is 2.89. The first-order valence-corrected chi connectivity index (χ1v) is 8.67. The molecule has 6 nitrogen and oxygen atoms in total. The van der Waals surface area contributed by atoms with Crippen LogP contribution in [-0.4, -0.2) is 22.2 Å². The van der Waals surface area contributed by atoms with E-state index in [1.807, 2.05) is 0 Å². The van der Waals surface area contributed by atoms with Crippen molar-refractivity contribution < 1.29 is 14.5 Å². The number of carbonyl (C=O) groups is 2. The van der Waals surface area contributed by atoms with E-state index in [-0.39, 0.29) is 17.3 Å². The van der Waals surface area contributed by atoms with Gasteiger partial charge in [0.05, 0.1) is 10.8 Å². The summed E-state index contributed by atoms with van der Waals surface area (Å²) in [4.78, 5) is 40.7. The number of benzene rings is 1. The Labute approximate surface area is 144 Å². The zero-order valence-electron chi connectivity index (χ0n) is 13.7. The molecule has 0 aromatic heterocycles. The van der Waals surface area contributed by atoms with E-state index in [2.05, 4.69) is 4.99 Å². The van der Waals surface area contributed by atoms with Crippen molar-refractivity contribution in [3.05, 3.63) is 51.2 Å². The van der Waals surface area contributed by atoms with E-state index in [0.29, 0.717) is 24.0 Å². The first kappa shape index (κ1) is 15.9. The van der Waals surface area contributed by atoms with Gasteiger partial charge in [-0.05, 0) is 31.2 Å². The van der Waals surface area contributed by atoms with E-state index < -0.39 is 16.8 Å². The Hall–Kier alpha value is -2.63. The number of ketones is 2. The highest BCUT2D eigenvalue weighted by atomic mass is 16.6. The van der Waals surface area contributed by atoms with Crippen LogP contribution in [0.4, 0.5) is 5.69 Å². The predicted octanol–water partition coefficient (Wildman–Crippen LogP) is 3.51. The van der Waals surface area contributed by atoms with Crippen molar-refractivity contribution in [3.8, 4) is 0 Å². The van der Waals surface area contributed by atoms with Crippen LogP contribution < -0.4 is 0 Å². The van der Waals surface area contributed by atoms with Gasteiger partial charge in [-0.25, -0.2) is 0 Å². The summed E-state index contributed by atoms with van der Waals surface area (Å²) >= 11 is 0. The molecule has 1 aromatic carbocycles. The molecule has 6 heteroatoms. The van der Waals surface area contributed by atoms with E-state index in [9.17, 15) is 19.7 Å². The lowest BCUT2D eigenvalue weighted by atomic mass is 9.67. The number of non-ortho nitro benzene ring substituents is 1. The average molecular weight is 338 g/mol. The first-order chi connectivity index (χ1) is 12.1. The summed E-state index contributed by atoms with van der Waals surface area (Å²) in [6.45, 7) is 0. The van der Waals surface area contributed by atoms with Gasteiger partial charge in [-0.15, -0.1) is 0 Å². The van der Waals surface area contributed by atoms with Crippen LogP contribution in [0, 0.1) is 16.0 Å². The van der Waals surface area contributed by atoms with Crippen LogP contribution in [0.2, 0.25) is 0 Å². The fourth-order valence-corrected chi connectivity index (χ4v) is 4.29. The van der Waals surface area contributed by atoms with Gasteiger partial charge in [-0.1, -0.05) is 12.1 Å². The van der Waals surface area contributed by atoms with Crippen molar-refractivity contribution in [3.63, 3.8) is 0 Å². The Bertz CT molecular complexity index is 853. The SMILES string of the molecule is O=C1CCCC2=C1[C@H](c1cccc([N+](=O)[O-])c1)C1C(=O)CCCC1=N2. The lowest BCUT2D eigenvalue weighted by Gasteiger charge is -2.37. The number of carbonyl (C=O) groups excluding carboxylic acids is 2. The fourth-order valence-electron chi connectivity index (χ4n) is 4.29. The zero-order chi connectivity index (χ0) is 17.6. The maximum absolute atomic E-state index is 12.7. The van der Waals surface area contributed by atoms with Gasteiger partial charge >= 0.3 is 0 Å². The molecule has 0 saturated heterocycles. The van der Waals surface area contributed by atoms with Crippen LogP contribution in [0.5, 0.6) is 0 Å². The molecule has 0 N–H and O–H groups in total. The van der Waals surface area contributed by atoms with Gasteiger partial charge in [-0.2, -0.15) is 0 Å². The van der Waals surface area contributed by atoms with E-state index in [4.69, 9.17) is 0 Å². The molecule has 1 unspecified atom stereocenters. The third kappa shape index (κ3) is 2.62. The Morgan fingerprint density at radius 2 is 1.84 bits per heavy atom. The number of nitro benzene ring substituents is 1. The van der Waals surface area contributed by atoms with Crippen LogP contribution in [0.1, 0.15) is 50.0 Å². The largest absolute Gasteiger partial charge is 0.299 e. The molecule has 128 valence electrons. The second-order valence-corrected chi connectivity index (χ2v) is 6.87. The van der Waals surface area contributed by atoms with Crippen molar-refractivity contribution in [2.45, 2.75) is 44.4 Å². The van der Waals surface area contributed by atoms with Gasteiger partial charge in [0.25, 0.3) is 5.69 Å². The number of aliphatic imine (C=N–C) groups is 1. The highest BCUT2D eigenvalue weighted by molar-refractivity contribution is 6.12. The van der Waals surface area contributed by atoms with Gasteiger partial charge in [0.2, 0.25) is 0 Å². The number of Topliss-reactive ketones (excluding diaryl/α,β-unsaturated/α-hetero) is 2. The quantitative estimate of drug-likeness (QED) is 0.609. The van der Waals surface area contributed by atoms with Crippen LogP contribution in [0.15, 0.2) is 40.5 Å². The number of allylic oxidation sites excluding steroid dienone is 2. The van der Waals surface area contributed by atoms with Crippen molar-refractivity contribution in [2.24, 2.45) is 10.9 Å². The molecule has 1 heterocycles. The summed E-state index contributed by atoms with van der Waals surface area (Å²) in [7, 11) is 0. The normalized spacial score (nSPS) is 26.0. The lowest BCUT2D eigenvalue weighted by molar-refractivity contribution is -0.384. The predicted molar refractivity (Wildman–Crippen MR) is 91.5 cm³/mol. The van der Waals surface area contributed by atoms with Crippen LogP contribution in [0.25, 0.3) is 0 Å². The minimum Gasteiger partial charge on any atom is -0.299 e. The highest BCUT2D eigenvalue weighted by Gasteiger charge is 2.44. The van der Waals surface area contributed by atoms with Gasteiger partial charge in [0.15, 0.2) is 5.78 Å². The maximum atomic E-state index is 12.7. The molecular weight excluding hydrogens is 320 g/mol.